The van der Waals surface area contributed by atoms with Crippen LogP contribution in [0.5, 0.6) is 0 Å². The second-order valence-corrected chi connectivity index (χ2v) is 5.73. The van der Waals surface area contributed by atoms with Crippen molar-refractivity contribution in [3.05, 3.63) is 48.2 Å². The molecule has 0 aliphatic carbocycles. The number of anilines is 3. The highest BCUT2D eigenvalue weighted by Gasteiger charge is 2.19. The monoisotopic (exact) mass is 363 g/mol. The number of aryl methyl sites for hydroxylation is 1. The van der Waals surface area contributed by atoms with E-state index < -0.39 is 0 Å². The first-order valence-electron chi connectivity index (χ1n) is 8.39. The zero-order valence-electron chi connectivity index (χ0n) is 14.8. The van der Waals surface area contributed by atoms with Crippen molar-refractivity contribution < 1.29 is 8.94 Å². The van der Waals surface area contributed by atoms with Gasteiger partial charge in [-0.15, -0.1) is 0 Å². The predicted octanol–water partition coefficient (Wildman–Crippen LogP) is 3.23. The van der Waals surface area contributed by atoms with Crippen LogP contribution in [0.15, 0.2) is 51.4 Å². The molecule has 0 saturated carbocycles. The zero-order valence-corrected chi connectivity index (χ0v) is 14.8. The summed E-state index contributed by atoms with van der Waals surface area (Å²) in [5.41, 5.74) is 6.84. The second-order valence-electron chi connectivity index (χ2n) is 5.73. The van der Waals surface area contributed by atoms with E-state index in [9.17, 15) is 0 Å². The van der Waals surface area contributed by atoms with Crippen molar-refractivity contribution in [3.8, 4) is 23.3 Å². The number of nitrogen functional groups attached to an aromatic ring is 1. The van der Waals surface area contributed by atoms with Crippen LogP contribution in [0.4, 0.5) is 17.6 Å². The lowest BCUT2D eigenvalue weighted by Crippen LogP contribution is -2.20. The molecule has 0 saturated heterocycles. The maximum absolute atomic E-state index is 5.90. The minimum Gasteiger partial charge on any atom is -0.456 e. The summed E-state index contributed by atoms with van der Waals surface area (Å²) in [6, 6.07) is 13.3. The molecule has 9 heteroatoms. The topological polar surface area (TPSA) is 120 Å². The lowest BCUT2D eigenvalue weighted by molar-refractivity contribution is 0.413. The fraction of sp³-hybridized carbons (Fsp3) is 0.167. The molecule has 3 heterocycles. The van der Waals surface area contributed by atoms with E-state index in [1.165, 1.54) is 0 Å². The molecule has 136 valence electrons. The Kier molecular flexibility index (Phi) is 4.25. The van der Waals surface area contributed by atoms with E-state index in [2.05, 4.69) is 25.1 Å². The third-order valence-corrected chi connectivity index (χ3v) is 3.84. The molecule has 0 spiro atoms. The van der Waals surface area contributed by atoms with Crippen LogP contribution in [0.1, 0.15) is 12.7 Å². The standard InChI is InChI=1S/C18H17N7O2/c1-3-25(12-7-5-4-6-8-12)18-22-14(21-17(19)23-18)15-20-16(27-24-15)13-10-9-11(2)26-13/h4-10H,3H2,1-2H3,(H2,19,21,22,23). The summed E-state index contributed by atoms with van der Waals surface area (Å²) >= 11 is 0. The van der Waals surface area contributed by atoms with Crippen molar-refractivity contribution in [1.82, 2.24) is 25.1 Å². The van der Waals surface area contributed by atoms with E-state index in [-0.39, 0.29) is 23.5 Å². The lowest BCUT2D eigenvalue weighted by Gasteiger charge is -2.20. The maximum Gasteiger partial charge on any atom is 0.294 e. The smallest absolute Gasteiger partial charge is 0.294 e. The summed E-state index contributed by atoms with van der Waals surface area (Å²) in [7, 11) is 0. The highest BCUT2D eigenvalue weighted by Crippen LogP contribution is 2.25. The van der Waals surface area contributed by atoms with E-state index in [0.717, 1.165) is 11.4 Å². The Labute approximate surface area is 154 Å². The number of rotatable bonds is 5. The van der Waals surface area contributed by atoms with Gasteiger partial charge in [0.15, 0.2) is 5.76 Å². The summed E-state index contributed by atoms with van der Waals surface area (Å²) in [6.45, 7) is 4.48. The van der Waals surface area contributed by atoms with Crippen LogP contribution in [0, 0.1) is 6.92 Å². The van der Waals surface area contributed by atoms with Gasteiger partial charge in [0.1, 0.15) is 5.76 Å². The number of hydrogen-bond acceptors (Lipinski definition) is 9. The van der Waals surface area contributed by atoms with Crippen LogP contribution in [-0.4, -0.2) is 31.6 Å². The number of para-hydroxylation sites is 1. The van der Waals surface area contributed by atoms with Gasteiger partial charge in [0.25, 0.3) is 5.89 Å². The van der Waals surface area contributed by atoms with E-state index in [1.807, 2.05) is 55.1 Å². The molecule has 0 amide bonds. The van der Waals surface area contributed by atoms with Gasteiger partial charge in [-0.3, -0.25) is 0 Å². The minimum absolute atomic E-state index is 0.0737. The highest BCUT2D eigenvalue weighted by molar-refractivity contribution is 5.60. The van der Waals surface area contributed by atoms with E-state index in [0.29, 0.717) is 18.3 Å². The molecule has 0 aliphatic rings. The summed E-state index contributed by atoms with van der Waals surface area (Å²) in [4.78, 5) is 19.1. The van der Waals surface area contributed by atoms with Gasteiger partial charge in [-0.2, -0.15) is 19.9 Å². The Morgan fingerprint density at radius 3 is 2.48 bits per heavy atom. The Morgan fingerprint density at radius 2 is 1.78 bits per heavy atom. The number of nitrogens with zero attached hydrogens (tertiary/aromatic N) is 6. The van der Waals surface area contributed by atoms with Crippen LogP contribution < -0.4 is 10.6 Å². The normalized spacial score (nSPS) is 10.9. The third kappa shape index (κ3) is 3.34. The molecule has 2 N–H and O–H groups in total. The van der Waals surface area contributed by atoms with Gasteiger partial charge < -0.3 is 19.6 Å². The molecule has 9 nitrogen and oxygen atoms in total. The molecule has 0 bridgehead atoms. The summed E-state index contributed by atoms with van der Waals surface area (Å²) in [5, 5.41) is 3.94. The molecule has 27 heavy (non-hydrogen) atoms. The SMILES string of the molecule is CCN(c1ccccc1)c1nc(N)nc(-c2noc(-c3ccc(C)o3)n2)n1. The molecular formula is C18H17N7O2. The fourth-order valence-corrected chi connectivity index (χ4v) is 2.61. The molecule has 3 aromatic heterocycles. The molecule has 0 fully saturated rings. The summed E-state index contributed by atoms with van der Waals surface area (Å²) in [6.07, 6.45) is 0. The van der Waals surface area contributed by atoms with Crippen LogP contribution in [0.2, 0.25) is 0 Å². The van der Waals surface area contributed by atoms with Crippen LogP contribution >= 0.6 is 0 Å². The highest BCUT2D eigenvalue weighted by atomic mass is 16.5. The van der Waals surface area contributed by atoms with Crippen LogP contribution in [0.25, 0.3) is 23.3 Å². The number of benzene rings is 1. The minimum atomic E-state index is 0.0737. The molecule has 0 unspecified atom stereocenters. The van der Waals surface area contributed by atoms with Gasteiger partial charge in [0.05, 0.1) is 0 Å². The van der Waals surface area contributed by atoms with Gasteiger partial charge in [0, 0.05) is 12.2 Å². The Bertz CT molecular complexity index is 1060. The van der Waals surface area contributed by atoms with Gasteiger partial charge in [-0.05, 0) is 38.1 Å². The van der Waals surface area contributed by atoms with E-state index in [4.69, 9.17) is 14.7 Å². The molecule has 0 aliphatic heterocycles. The Balaban J connectivity index is 1.72. The Hall–Kier alpha value is -3.75. The molecule has 0 atom stereocenters. The van der Waals surface area contributed by atoms with E-state index >= 15 is 0 Å². The van der Waals surface area contributed by atoms with E-state index in [1.54, 1.807) is 6.07 Å². The van der Waals surface area contributed by atoms with Crippen LogP contribution in [-0.2, 0) is 0 Å². The lowest BCUT2D eigenvalue weighted by atomic mass is 10.3. The molecule has 0 radical (unpaired) electrons. The van der Waals surface area contributed by atoms with Crippen molar-refractivity contribution in [2.75, 3.05) is 17.2 Å². The molecular weight excluding hydrogens is 346 g/mol. The average Bonchev–Trinajstić information content (AvgIpc) is 3.32. The van der Waals surface area contributed by atoms with Crippen molar-refractivity contribution in [2.45, 2.75) is 13.8 Å². The van der Waals surface area contributed by atoms with Crippen molar-refractivity contribution in [2.24, 2.45) is 0 Å². The first-order chi connectivity index (χ1) is 13.1. The second kappa shape index (κ2) is 6.87. The summed E-state index contributed by atoms with van der Waals surface area (Å²) < 4.78 is 10.8. The molecule has 1 aromatic carbocycles. The van der Waals surface area contributed by atoms with Gasteiger partial charge in [-0.1, -0.05) is 23.4 Å². The first kappa shape index (κ1) is 16.7. The van der Waals surface area contributed by atoms with Crippen molar-refractivity contribution in [3.63, 3.8) is 0 Å². The fourth-order valence-electron chi connectivity index (χ4n) is 2.61. The average molecular weight is 363 g/mol. The predicted molar refractivity (Wildman–Crippen MR) is 99.1 cm³/mol. The van der Waals surface area contributed by atoms with Gasteiger partial charge in [0.2, 0.25) is 23.5 Å². The van der Waals surface area contributed by atoms with Crippen LogP contribution in [0.3, 0.4) is 0 Å². The molecule has 4 aromatic rings. The first-order valence-corrected chi connectivity index (χ1v) is 8.39. The molecule has 4 rings (SSSR count). The quantitative estimate of drug-likeness (QED) is 0.569. The number of aromatic nitrogens is 5. The number of nitrogens with two attached hydrogens (primary N) is 1. The third-order valence-electron chi connectivity index (χ3n) is 3.84. The Morgan fingerprint density at radius 1 is 0.963 bits per heavy atom. The van der Waals surface area contributed by atoms with Crippen molar-refractivity contribution >= 4 is 17.6 Å². The van der Waals surface area contributed by atoms with Gasteiger partial charge >= 0.3 is 0 Å². The largest absolute Gasteiger partial charge is 0.456 e. The zero-order chi connectivity index (χ0) is 18.8. The van der Waals surface area contributed by atoms with Crippen molar-refractivity contribution in [1.29, 1.82) is 0 Å². The number of furan rings is 1. The maximum atomic E-state index is 5.90. The van der Waals surface area contributed by atoms with Gasteiger partial charge in [-0.25, -0.2) is 0 Å². The summed E-state index contributed by atoms with van der Waals surface area (Å²) in [5.74, 6) is 2.39. The number of hydrogen-bond donors (Lipinski definition) is 1.